The van der Waals surface area contributed by atoms with Gasteiger partial charge in [0, 0.05) is 30.3 Å². The number of aromatic carboxylic acids is 1. The Bertz CT molecular complexity index is 812. The van der Waals surface area contributed by atoms with Crippen LogP contribution in [0.2, 0.25) is 0 Å². The minimum absolute atomic E-state index is 0.00420. The van der Waals surface area contributed by atoms with Crippen molar-refractivity contribution in [1.29, 1.82) is 0 Å². The van der Waals surface area contributed by atoms with Gasteiger partial charge in [0.2, 0.25) is 0 Å². The Morgan fingerprint density at radius 1 is 0.885 bits per heavy atom. The highest BCUT2D eigenvalue weighted by molar-refractivity contribution is 5.97. The molecule has 1 aliphatic heterocycles. The van der Waals surface area contributed by atoms with Gasteiger partial charge < -0.3 is 15.3 Å². The smallest absolute Gasteiger partial charge is 0.335 e. The lowest BCUT2D eigenvalue weighted by Crippen LogP contribution is -2.46. The highest BCUT2D eigenvalue weighted by Crippen LogP contribution is 2.15. The van der Waals surface area contributed by atoms with Gasteiger partial charge in [0.05, 0.1) is 5.56 Å². The lowest BCUT2D eigenvalue weighted by molar-refractivity contribution is 0.0688. The van der Waals surface area contributed by atoms with Gasteiger partial charge in [-0.05, 0) is 43.2 Å². The molecule has 0 unspecified atom stereocenters. The van der Waals surface area contributed by atoms with E-state index in [1.807, 2.05) is 18.2 Å². The van der Waals surface area contributed by atoms with E-state index in [0.717, 1.165) is 0 Å². The number of carbonyl (C=O) groups excluding carboxylic acids is 2. The number of hydrogen-bond acceptors (Lipinski definition) is 3. The topological polar surface area (TPSA) is 86.7 Å². The van der Waals surface area contributed by atoms with E-state index < -0.39 is 5.97 Å². The number of hydrogen-bond donors (Lipinski definition) is 2. The van der Waals surface area contributed by atoms with Crippen molar-refractivity contribution in [1.82, 2.24) is 10.2 Å². The predicted octanol–water partition coefficient (Wildman–Crippen LogP) is 2.42. The maximum absolute atomic E-state index is 12.4. The zero-order valence-corrected chi connectivity index (χ0v) is 14.2. The van der Waals surface area contributed by atoms with Crippen LogP contribution in [0.3, 0.4) is 0 Å². The third-order valence-corrected chi connectivity index (χ3v) is 4.51. The van der Waals surface area contributed by atoms with Crippen LogP contribution in [0.4, 0.5) is 0 Å². The number of piperidine rings is 1. The van der Waals surface area contributed by atoms with Crippen molar-refractivity contribution in [2.45, 2.75) is 18.9 Å². The number of nitrogens with zero attached hydrogens (tertiary/aromatic N) is 1. The normalized spacial score (nSPS) is 14.7. The lowest BCUT2D eigenvalue weighted by Gasteiger charge is -2.32. The summed E-state index contributed by atoms with van der Waals surface area (Å²) in [6, 6.07) is 15.1. The van der Waals surface area contributed by atoms with Crippen LogP contribution in [-0.2, 0) is 0 Å². The van der Waals surface area contributed by atoms with E-state index in [1.54, 1.807) is 29.2 Å². The summed E-state index contributed by atoms with van der Waals surface area (Å²) in [6.45, 7) is 1.15. The largest absolute Gasteiger partial charge is 0.478 e. The molecule has 26 heavy (non-hydrogen) atoms. The third kappa shape index (κ3) is 4.08. The molecule has 1 heterocycles. The molecular formula is C20H20N2O4. The van der Waals surface area contributed by atoms with Gasteiger partial charge in [0.25, 0.3) is 11.8 Å². The Balaban J connectivity index is 1.55. The number of carbonyl (C=O) groups is 3. The molecule has 3 rings (SSSR count). The molecule has 0 atom stereocenters. The molecule has 1 aliphatic rings. The summed E-state index contributed by atoms with van der Waals surface area (Å²) in [5.74, 6) is -1.35. The molecule has 6 heteroatoms. The average molecular weight is 352 g/mol. The zero-order chi connectivity index (χ0) is 18.5. The first-order valence-electron chi connectivity index (χ1n) is 8.53. The van der Waals surface area contributed by atoms with Crippen molar-refractivity contribution < 1.29 is 19.5 Å². The first kappa shape index (κ1) is 17.7. The second-order valence-corrected chi connectivity index (χ2v) is 6.29. The molecule has 0 aromatic heterocycles. The summed E-state index contributed by atoms with van der Waals surface area (Å²) in [4.78, 5) is 37.6. The number of benzene rings is 2. The molecule has 1 saturated heterocycles. The quantitative estimate of drug-likeness (QED) is 0.885. The first-order chi connectivity index (χ1) is 12.5. The number of carboxylic acids is 1. The van der Waals surface area contributed by atoms with Crippen molar-refractivity contribution in [3.63, 3.8) is 0 Å². The standard InChI is InChI=1S/C20H20N2O4/c23-18(15-7-4-8-16(13-15)20(25)26)21-17-9-11-22(12-10-17)19(24)14-5-2-1-3-6-14/h1-8,13,17H,9-12H2,(H,21,23)(H,25,26). The van der Waals surface area contributed by atoms with Crippen LogP contribution < -0.4 is 5.32 Å². The third-order valence-electron chi connectivity index (χ3n) is 4.51. The van der Waals surface area contributed by atoms with Gasteiger partial charge in [-0.1, -0.05) is 24.3 Å². The van der Waals surface area contributed by atoms with E-state index in [2.05, 4.69) is 5.32 Å². The molecule has 0 saturated carbocycles. The van der Waals surface area contributed by atoms with E-state index in [4.69, 9.17) is 5.11 Å². The molecule has 0 spiro atoms. The van der Waals surface area contributed by atoms with E-state index in [-0.39, 0.29) is 23.4 Å². The number of nitrogens with one attached hydrogen (secondary N) is 1. The van der Waals surface area contributed by atoms with Crippen LogP contribution in [0.25, 0.3) is 0 Å². The van der Waals surface area contributed by atoms with Crippen LogP contribution in [0.5, 0.6) is 0 Å². The molecule has 2 amide bonds. The van der Waals surface area contributed by atoms with E-state index in [0.29, 0.717) is 37.1 Å². The van der Waals surface area contributed by atoms with Crippen molar-refractivity contribution in [3.05, 3.63) is 71.3 Å². The zero-order valence-electron chi connectivity index (χ0n) is 14.2. The van der Waals surface area contributed by atoms with Crippen LogP contribution in [0, 0.1) is 0 Å². The van der Waals surface area contributed by atoms with Gasteiger partial charge in [-0.3, -0.25) is 9.59 Å². The Hall–Kier alpha value is -3.15. The van der Waals surface area contributed by atoms with Gasteiger partial charge >= 0.3 is 5.97 Å². The summed E-state index contributed by atoms with van der Waals surface area (Å²) in [6.07, 6.45) is 1.34. The molecule has 2 aromatic carbocycles. The van der Waals surface area contributed by atoms with Gasteiger partial charge in [-0.15, -0.1) is 0 Å². The fourth-order valence-corrected chi connectivity index (χ4v) is 3.05. The van der Waals surface area contributed by atoms with Crippen molar-refractivity contribution in [2.24, 2.45) is 0 Å². The van der Waals surface area contributed by atoms with Gasteiger partial charge in [-0.25, -0.2) is 4.79 Å². The highest BCUT2D eigenvalue weighted by atomic mass is 16.4. The predicted molar refractivity (Wildman–Crippen MR) is 96.2 cm³/mol. The minimum Gasteiger partial charge on any atom is -0.478 e. The lowest BCUT2D eigenvalue weighted by atomic mass is 10.0. The van der Waals surface area contributed by atoms with Gasteiger partial charge in [0.15, 0.2) is 0 Å². The van der Waals surface area contributed by atoms with Gasteiger partial charge in [-0.2, -0.15) is 0 Å². The Labute approximate surface area is 151 Å². The Morgan fingerprint density at radius 3 is 2.15 bits per heavy atom. The van der Waals surface area contributed by atoms with Crippen molar-refractivity contribution >= 4 is 17.8 Å². The number of amides is 2. The summed E-state index contributed by atoms with van der Waals surface area (Å²) in [5, 5.41) is 11.9. The summed E-state index contributed by atoms with van der Waals surface area (Å²) < 4.78 is 0. The molecule has 6 nitrogen and oxygen atoms in total. The molecule has 0 aliphatic carbocycles. The first-order valence-corrected chi connectivity index (χ1v) is 8.53. The molecule has 1 fully saturated rings. The fourth-order valence-electron chi connectivity index (χ4n) is 3.05. The second kappa shape index (κ2) is 7.82. The van der Waals surface area contributed by atoms with Crippen molar-refractivity contribution in [2.75, 3.05) is 13.1 Å². The second-order valence-electron chi connectivity index (χ2n) is 6.29. The Morgan fingerprint density at radius 2 is 1.50 bits per heavy atom. The van der Waals surface area contributed by atoms with Crippen LogP contribution >= 0.6 is 0 Å². The monoisotopic (exact) mass is 352 g/mol. The molecule has 0 bridgehead atoms. The molecule has 2 aromatic rings. The maximum Gasteiger partial charge on any atom is 0.335 e. The summed E-state index contributed by atoms with van der Waals surface area (Å²) in [7, 11) is 0. The minimum atomic E-state index is -1.06. The molecule has 134 valence electrons. The van der Waals surface area contributed by atoms with E-state index in [1.165, 1.54) is 12.1 Å². The Kier molecular flexibility index (Phi) is 5.31. The van der Waals surface area contributed by atoms with E-state index in [9.17, 15) is 14.4 Å². The van der Waals surface area contributed by atoms with Crippen molar-refractivity contribution in [3.8, 4) is 0 Å². The number of rotatable bonds is 4. The van der Waals surface area contributed by atoms with E-state index >= 15 is 0 Å². The number of carboxylic acid groups (broad SMARTS) is 1. The van der Waals surface area contributed by atoms with Gasteiger partial charge in [0.1, 0.15) is 0 Å². The SMILES string of the molecule is O=C(O)c1cccc(C(=O)NC2CCN(C(=O)c3ccccc3)CC2)c1. The fraction of sp³-hybridized carbons (Fsp3) is 0.250. The average Bonchev–Trinajstić information content (AvgIpc) is 2.68. The van der Waals surface area contributed by atoms with Crippen LogP contribution in [0.1, 0.15) is 43.9 Å². The molecule has 0 radical (unpaired) electrons. The van der Waals surface area contributed by atoms with Crippen LogP contribution in [-0.4, -0.2) is 46.9 Å². The number of likely N-dealkylation sites (tertiary alicyclic amines) is 1. The summed E-state index contributed by atoms with van der Waals surface area (Å²) >= 11 is 0. The van der Waals surface area contributed by atoms with Crippen LogP contribution in [0.15, 0.2) is 54.6 Å². The molecular weight excluding hydrogens is 332 g/mol. The summed E-state index contributed by atoms with van der Waals surface area (Å²) in [5.41, 5.74) is 1.08. The highest BCUT2D eigenvalue weighted by Gasteiger charge is 2.25. The molecule has 2 N–H and O–H groups in total. The maximum atomic E-state index is 12.4.